The van der Waals surface area contributed by atoms with Crippen LogP contribution >= 0.6 is 0 Å². The molecule has 1 aromatic rings. The van der Waals surface area contributed by atoms with E-state index in [0.29, 0.717) is 12.6 Å². The highest BCUT2D eigenvalue weighted by molar-refractivity contribution is 5.75. The molecule has 2 rings (SSSR count). The van der Waals surface area contributed by atoms with Crippen molar-refractivity contribution in [3.63, 3.8) is 0 Å². The van der Waals surface area contributed by atoms with Crippen LogP contribution < -0.4 is 10.6 Å². The first-order valence-electron chi connectivity index (χ1n) is 5.67. The molecule has 2 N–H and O–H groups in total. The number of nitrogens with zero attached hydrogens (tertiary/aromatic N) is 3. The molecule has 1 heterocycles. The highest BCUT2D eigenvalue weighted by Crippen LogP contribution is 2.18. The zero-order valence-corrected chi connectivity index (χ0v) is 9.44. The summed E-state index contributed by atoms with van der Waals surface area (Å²) in [5.74, 6) is -0.0332. The van der Waals surface area contributed by atoms with Gasteiger partial charge in [-0.05, 0) is 19.8 Å². The lowest BCUT2D eigenvalue weighted by atomic mass is 10.4. The molecule has 1 amide bonds. The number of likely N-dealkylation sites (N-methyl/N-ethyl adjacent to an activating group) is 1. The maximum absolute atomic E-state index is 11.3. The van der Waals surface area contributed by atoms with Crippen LogP contribution in [0.4, 0.5) is 0 Å². The lowest BCUT2D eigenvalue weighted by Gasteiger charge is -2.00. The molecule has 0 aliphatic heterocycles. The van der Waals surface area contributed by atoms with Gasteiger partial charge in [0, 0.05) is 19.1 Å². The van der Waals surface area contributed by atoms with Crippen LogP contribution in [-0.4, -0.2) is 33.5 Å². The van der Waals surface area contributed by atoms with Crippen LogP contribution in [0.25, 0.3) is 0 Å². The summed E-state index contributed by atoms with van der Waals surface area (Å²) in [6, 6.07) is 0.661. The Morgan fingerprint density at radius 1 is 1.62 bits per heavy atom. The summed E-state index contributed by atoms with van der Waals surface area (Å²) in [6.07, 6.45) is 4.32. The summed E-state index contributed by atoms with van der Waals surface area (Å²) in [7, 11) is 0. The van der Waals surface area contributed by atoms with Gasteiger partial charge < -0.3 is 10.6 Å². The third-order valence-electron chi connectivity index (χ3n) is 2.41. The van der Waals surface area contributed by atoms with Gasteiger partial charge in [-0.15, -0.1) is 5.10 Å². The Labute approximate surface area is 94.4 Å². The molecule has 0 bridgehead atoms. The van der Waals surface area contributed by atoms with Gasteiger partial charge in [0.15, 0.2) is 0 Å². The van der Waals surface area contributed by atoms with E-state index >= 15 is 0 Å². The average molecular weight is 223 g/mol. The van der Waals surface area contributed by atoms with Crippen molar-refractivity contribution in [3.05, 3.63) is 11.9 Å². The smallest absolute Gasteiger partial charge is 0.241 e. The number of aromatic nitrogens is 3. The van der Waals surface area contributed by atoms with E-state index in [2.05, 4.69) is 20.9 Å². The molecular weight excluding hydrogens is 206 g/mol. The van der Waals surface area contributed by atoms with Crippen LogP contribution in [0.2, 0.25) is 0 Å². The summed E-state index contributed by atoms with van der Waals surface area (Å²) in [5, 5.41) is 14.0. The molecule has 0 unspecified atom stereocenters. The van der Waals surface area contributed by atoms with Gasteiger partial charge >= 0.3 is 0 Å². The number of carbonyl (C=O) groups is 1. The number of hydrogen-bond acceptors (Lipinski definition) is 4. The minimum atomic E-state index is -0.0332. The van der Waals surface area contributed by atoms with Crippen LogP contribution in [0.1, 0.15) is 25.5 Å². The van der Waals surface area contributed by atoms with Crippen LogP contribution in [-0.2, 0) is 17.9 Å². The molecule has 1 aromatic heterocycles. The molecule has 16 heavy (non-hydrogen) atoms. The molecule has 0 saturated heterocycles. The SMILES string of the molecule is CCNC(=O)Cn1cc(CNC2CC2)nn1. The first-order chi connectivity index (χ1) is 7.78. The Morgan fingerprint density at radius 2 is 2.44 bits per heavy atom. The van der Waals surface area contributed by atoms with Gasteiger partial charge in [-0.3, -0.25) is 4.79 Å². The topological polar surface area (TPSA) is 71.8 Å². The first-order valence-corrected chi connectivity index (χ1v) is 5.67. The summed E-state index contributed by atoms with van der Waals surface area (Å²) in [5.41, 5.74) is 0.885. The number of amides is 1. The maximum Gasteiger partial charge on any atom is 0.241 e. The highest BCUT2D eigenvalue weighted by atomic mass is 16.2. The summed E-state index contributed by atoms with van der Waals surface area (Å²) in [4.78, 5) is 11.3. The average Bonchev–Trinajstić information content (AvgIpc) is 2.98. The molecule has 6 nitrogen and oxygen atoms in total. The number of nitrogens with one attached hydrogen (secondary N) is 2. The fourth-order valence-electron chi connectivity index (χ4n) is 1.43. The monoisotopic (exact) mass is 223 g/mol. The molecule has 0 radical (unpaired) electrons. The van der Waals surface area contributed by atoms with Crippen molar-refractivity contribution < 1.29 is 4.79 Å². The van der Waals surface area contributed by atoms with E-state index in [9.17, 15) is 4.79 Å². The van der Waals surface area contributed by atoms with Crippen molar-refractivity contribution in [2.24, 2.45) is 0 Å². The number of hydrogen-bond donors (Lipinski definition) is 2. The van der Waals surface area contributed by atoms with Gasteiger partial charge in [-0.2, -0.15) is 0 Å². The highest BCUT2D eigenvalue weighted by Gasteiger charge is 2.20. The second-order valence-corrected chi connectivity index (χ2v) is 4.02. The van der Waals surface area contributed by atoms with Crippen LogP contribution in [0.15, 0.2) is 6.20 Å². The minimum Gasteiger partial charge on any atom is -0.355 e. The number of rotatable bonds is 6. The standard InChI is InChI=1S/C10H17N5O/c1-2-11-10(16)7-15-6-9(13-14-15)5-12-8-3-4-8/h6,8,12H,2-5,7H2,1H3,(H,11,16). The zero-order chi connectivity index (χ0) is 11.4. The van der Waals surface area contributed by atoms with Crippen molar-refractivity contribution in [1.29, 1.82) is 0 Å². The molecule has 0 spiro atoms. The Kier molecular flexibility index (Phi) is 3.51. The van der Waals surface area contributed by atoms with E-state index in [-0.39, 0.29) is 12.5 Å². The molecule has 0 aromatic carbocycles. The summed E-state index contributed by atoms with van der Waals surface area (Å²) >= 11 is 0. The van der Waals surface area contributed by atoms with Crippen molar-refractivity contribution in [3.8, 4) is 0 Å². The van der Waals surface area contributed by atoms with Gasteiger partial charge in [0.05, 0.1) is 11.9 Å². The summed E-state index contributed by atoms with van der Waals surface area (Å²) < 4.78 is 1.56. The molecule has 1 aliphatic carbocycles. The van der Waals surface area contributed by atoms with E-state index in [1.165, 1.54) is 12.8 Å². The van der Waals surface area contributed by atoms with Gasteiger partial charge in [0.2, 0.25) is 5.91 Å². The molecule has 88 valence electrons. The summed E-state index contributed by atoms with van der Waals surface area (Å²) in [6.45, 7) is 3.51. The van der Waals surface area contributed by atoms with Gasteiger partial charge in [0.25, 0.3) is 0 Å². The minimum absolute atomic E-state index is 0.0332. The second-order valence-electron chi connectivity index (χ2n) is 4.02. The third kappa shape index (κ3) is 3.30. The van der Waals surface area contributed by atoms with Crippen molar-refractivity contribution >= 4 is 5.91 Å². The Morgan fingerprint density at radius 3 is 3.12 bits per heavy atom. The van der Waals surface area contributed by atoms with E-state index in [1.807, 2.05) is 13.1 Å². The van der Waals surface area contributed by atoms with Crippen LogP contribution in [0.5, 0.6) is 0 Å². The number of carbonyl (C=O) groups excluding carboxylic acids is 1. The molecule has 1 fully saturated rings. The second kappa shape index (κ2) is 5.07. The lowest BCUT2D eigenvalue weighted by Crippen LogP contribution is -2.27. The molecule has 6 heteroatoms. The van der Waals surface area contributed by atoms with E-state index in [0.717, 1.165) is 12.2 Å². The van der Waals surface area contributed by atoms with Gasteiger partial charge in [-0.1, -0.05) is 5.21 Å². The lowest BCUT2D eigenvalue weighted by molar-refractivity contribution is -0.121. The molecule has 1 aliphatic rings. The third-order valence-corrected chi connectivity index (χ3v) is 2.41. The van der Waals surface area contributed by atoms with Crippen LogP contribution in [0.3, 0.4) is 0 Å². The predicted molar refractivity (Wildman–Crippen MR) is 58.6 cm³/mol. The predicted octanol–water partition coefficient (Wildman–Crippen LogP) is -0.334. The Hall–Kier alpha value is -1.43. The normalized spacial score (nSPS) is 15.1. The maximum atomic E-state index is 11.3. The fourth-order valence-corrected chi connectivity index (χ4v) is 1.43. The van der Waals surface area contributed by atoms with E-state index < -0.39 is 0 Å². The first kappa shape index (κ1) is 11.1. The van der Waals surface area contributed by atoms with Gasteiger partial charge in [0.1, 0.15) is 6.54 Å². The largest absolute Gasteiger partial charge is 0.355 e. The quantitative estimate of drug-likeness (QED) is 0.692. The molecular formula is C10H17N5O. The van der Waals surface area contributed by atoms with Gasteiger partial charge in [-0.25, -0.2) is 4.68 Å². The van der Waals surface area contributed by atoms with E-state index in [1.54, 1.807) is 4.68 Å². The molecule has 0 atom stereocenters. The van der Waals surface area contributed by atoms with Crippen molar-refractivity contribution in [2.45, 2.75) is 38.9 Å². The Balaban J connectivity index is 1.78. The Bertz CT molecular complexity index is 358. The van der Waals surface area contributed by atoms with E-state index in [4.69, 9.17) is 0 Å². The van der Waals surface area contributed by atoms with Crippen LogP contribution in [0, 0.1) is 0 Å². The van der Waals surface area contributed by atoms with Crippen molar-refractivity contribution in [2.75, 3.05) is 6.54 Å². The van der Waals surface area contributed by atoms with Crippen molar-refractivity contribution in [1.82, 2.24) is 25.6 Å². The fraction of sp³-hybridized carbons (Fsp3) is 0.700. The molecule has 1 saturated carbocycles. The zero-order valence-electron chi connectivity index (χ0n) is 9.44.